The van der Waals surface area contributed by atoms with E-state index >= 15 is 0 Å². The standard InChI is InChI=1S/C44H24N4S/c1-2-13-25(14-3-1)38-43-39(31-19-8-11-24-35(31)49-43)46-44(45-38)48-34-23-10-7-18-30(34)37-41(48)29-17-5-4-16-27(29)36-32-21-12-20-28-26-15-6-9-22-33(26)47(40(28)32)42(36)37/h1-24H. The lowest BCUT2D eigenvalue weighted by atomic mass is 9.98. The van der Waals surface area contributed by atoms with Crippen LogP contribution in [-0.2, 0) is 0 Å². The highest BCUT2D eigenvalue weighted by molar-refractivity contribution is 7.26. The van der Waals surface area contributed by atoms with Crippen molar-refractivity contribution >= 4 is 102 Å². The van der Waals surface area contributed by atoms with E-state index in [1.54, 1.807) is 11.3 Å². The summed E-state index contributed by atoms with van der Waals surface area (Å²) in [7, 11) is 0. The second kappa shape index (κ2) is 9.19. The molecule has 5 heterocycles. The highest BCUT2D eigenvalue weighted by Gasteiger charge is 2.27. The van der Waals surface area contributed by atoms with E-state index in [9.17, 15) is 0 Å². The Labute approximate surface area is 283 Å². The summed E-state index contributed by atoms with van der Waals surface area (Å²) < 4.78 is 7.18. The Morgan fingerprint density at radius 1 is 0.429 bits per heavy atom. The fourth-order valence-corrected chi connectivity index (χ4v) is 9.68. The summed E-state index contributed by atoms with van der Waals surface area (Å²) in [5.41, 5.74) is 9.01. The fraction of sp³-hybridized carbons (Fsp3) is 0. The first-order chi connectivity index (χ1) is 24.3. The average molecular weight is 641 g/mol. The molecule has 0 saturated carbocycles. The highest BCUT2D eigenvalue weighted by atomic mass is 32.1. The zero-order valence-corrected chi connectivity index (χ0v) is 26.9. The number of para-hydroxylation sites is 3. The molecule has 0 radical (unpaired) electrons. The maximum Gasteiger partial charge on any atom is 0.235 e. The van der Waals surface area contributed by atoms with Crippen molar-refractivity contribution in [2.45, 2.75) is 0 Å². The molecule has 5 aromatic heterocycles. The molecule has 0 bridgehead atoms. The number of rotatable bonds is 2. The number of thiophene rings is 1. The van der Waals surface area contributed by atoms with E-state index in [2.05, 4.69) is 155 Å². The van der Waals surface area contributed by atoms with Gasteiger partial charge in [0.1, 0.15) is 0 Å². The van der Waals surface area contributed by atoms with Crippen molar-refractivity contribution in [2.24, 2.45) is 0 Å². The van der Waals surface area contributed by atoms with Crippen LogP contribution < -0.4 is 0 Å². The van der Waals surface area contributed by atoms with Gasteiger partial charge in [-0.25, -0.2) is 9.97 Å². The van der Waals surface area contributed by atoms with E-state index in [4.69, 9.17) is 9.97 Å². The van der Waals surface area contributed by atoms with E-state index in [1.165, 1.54) is 64.3 Å². The molecule has 226 valence electrons. The third-order valence-corrected chi connectivity index (χ3v) is 11.6. The lowest BCUT2D eigenvalue weighted by molar-refractivity contribution is 1.02. The van der Waals surface area contributed by atoms with Crippen molar-refractivity contribution in [3.05, 3.63) is 146 Å². The molecule has 0 fully saturated rings. The largest absolute Gasteiger partial charge is 0.307 e. The van der Waals surface area contributed by atoms with Gasteiger partial charge in [-0.05, 0) is 23.6 Å². The van der Waals surface area contributed by atoms with Gasteiger partial charge in [0.25, 0.3) is 0 Å². The first kappa shape index (κ1) is 25.7. The fourth-order valence-electron chi connectivity index (χ4n) is 8.52. The average Bonchev–Trinajstić information content (AvgIpc) is 3.91. The first-order valence-electron chi connectivity index (χ1n) is 16.6. The maximum atomic E-state index is 5.48. The van der Waals surface area contributed by atoms with Crippen molar-refractivity contribution in [2.75, 3.05) is 0 Å². The summed E-state index contributed by atoms with van der Waals surface area (Å²) in [5.74, 6) is 0.684. The van der Waals surface area contributed by atoms with Crippen LogP contribution in [0, 0.1) is 0 Å². The summed E-state index contributed by atoms with van der Waals surface area (Å²) in [6, 6.07) is 52.4. The molecule has 49 heavy (non-hydrogen) atoms. The van der Waals surface area contributed by atoms with E-state index in [1.807, 2.05) is 0 Å². The van der Waals surface area contributed by atoms with Crippen LogP contribution in [0.4, 0.5) is 0 Å². The molecule has 0 amide bonds. The molecule has 12 aromatic rings. The van der Waals surface area contributed by atoms with Gasteiger partial charge in [-0.2, -0.15) is 0 Å². The van der Waals surface area contributed by atoms with E-state index in [0.717, 1.165) is 37.9 Å². The zero-order chi connectivity index (χ0) is 31.8. The number of hydrogen-bond acceptors (Lipinski definition) is 3. The lowest BCUT2D eigenvalue weighted by Gasteiger charge is -2.12. The van der Waals surface area contributed by atoms with Crippen LogP contribution in [0.15, 0.2) is 146 Å². The van der Waals surface area contributed by atoms with Crippen LogP contribution in [0.2, 0.25) is 0 Å². The summed E-state index contributed by atoms with van der Waals surface area (Å²) in [6.45, 7) is 0. The van der Waals surface area contributed by atoms with Gasteiger partial charge in [-0.3, -0.25) is 4.57 Å². The predicted octanol–water partition coefficient (Wildman–Crippen LogP) is 11.9. The smallest absolute Gasteiger partial charge is 0.235 e. The van der Waals surface area contributed by atoms with E-state index in [0.29, 0.717) is 5.95 Å². The van der Waals surface area contributed by atoms with Crippen LogP contribution >= 0.6 is 11.3 Å². The van der Waals surface area contributed by atoms with Gasteiger partial charge in [-0.1, -0.05) is 127 Å². The van der Waals surface area contributed by atoms with Crippen molar-refractivity contribution in [1.82, 2.24) is 18.9 Å². The molecule has 5 heteroatoms. The summed E-state index contributed by atoms with van der Waals surface area (Å²) in [4.78, 5) is 10.9. The lowest BCUT2D eigenvalue weighted by Crippen LogP contribution is -2.03. The summed E-state index contributed by atoms with van der Waals surface area (Å²) in [5, 5.41) is 11.2. The number of hydrogen-bond donors (Lipinski definition) is 0. The normalized spacial score (nSPS) is 12.5. The Morgan fingerprint density at radius 3 is 1.92 bits per heavy atom. The molecule has 0 unspecified atom stereocenters. The molecule has 0 atom stereocenters. The van der Waals surface area contributed by atoms with Gasteiger partial charge in [0.05, 0.1) is 43.5 Å². The molecular formula is C44H24N4S. The molecule has 0 aliphatic carbocycles. The molecule has 7 aromatic carbocycles. The predicted molar refractivity (Wildman–Crippen MR) is 207 cm³/mol. The molecular weight excluding hydrogens is 617 g/mol. The number of nitrogens with zero attached hydrogens (tertiary/aromatic N) is 4. The third-order valence-electron chi connectivity index (χ3n) is 10.4. The Balaban J connectivity index is 1.36. The molecule has 0 aliphatic rings. The summed E-state index contributed by atoms with van der Waals surface area (Å²) >= 11 is 1.77. The van der Waals surface area contributed by atoms with Crippen molar-refractivity contribution in [1.29, 1.82) is 0 Å². The quantitative estimate of drug-likeness (QED) is 0.188. The van der Waals surface area contributed by atoms with Crippen LogP contribution in [0.3, 0.4) is 0 Å². The Morgan fingerprint density at radius 2 is 1.06 bits per heavy atom. The second-order valence-corrected chi connectivity index (χ2v) is 14.0. The topological polar surface area (TPSA) is 35.1 Å². The van der Waals surface area contributed by atoms with Crippen molar-refractivity contribution < 1.29 is 0 Å². The maximum absolute atomic E-state index is 5.48. The van der Waals surface area contributed by atoms with Crippen LogP contribution in [0.5, 0.6) is 0 Å². The zero-order valence-electron chi connectivity index (χ0n) is 26.1. The Hall–Kier alpha value is -6.30. The second-order valence-electron chi connectivity index (χ2n) is 12.9. The molecule has 0 saturated heterocycles. The van der Waals surface area contributed by atoms with Gasteiger partial charge in [0.15, 0.2) is 0 Å². The first-order valence-corrected chi connectivity index (χ1v) is 17.4. The minimum Gasteiger partial charge on any atom is -0.307 e. The molecule has 0 spiro atoms. The van der Waals surface area contributed by atoms with Gasteiger partial charge in [0.2, 0.25) is 5.95 Å². The van der Waals surface area contributed by atoms with Crippen molar-refractivity contribution in [3.8, 4) is 17.2 Å². The number of fused-ring (bicyclic) bond motifs is 16. The van der Waals surface area contributed by atoms with E-state index < -0.39 is 0 Å². The molecule has 0 aliphatic heterocycles. The van der Waals surface area contributed by atoms with Crippen LogP contribution in [-0.4, -0.2) is 18.9 Å². The SMILES string of the molecule is c1ccc(-c2nc(-n3c4ccccc4c4c3c3ccccc3c3c5cccc6c7ccccc7n(c65)c34)nc3c2sc2ccccc23)cc1. The van der Waals surface area contributed by atoms with Gasteiger partial charge >= 0.3 is 0 Å². The number of aromatic nitrogens is 4. The van der Waals surface area contributed by atoms with Crippen LogP contribution in [0.1, 0.15) is 0 Å². The van der Waals surface area contributed by atoms with Gasteiger partial charge < -0.3 is 4.40 Å². The number of benzene rings is 7. The Bertz CT molecular complexity index is 3320. The molecule has 12 rings (SSSR count). The van der Waals surface area contributed by atoms with E-state index in [-0.39, 0.29) is 0 Å². The highest BCUT2D eigenvalue weighted by Crippen LogP contribution is 2.48. The third kappa shape index (κ3) is 3.18. The van der Waals surface area contributed by atoms with Gasteiger partial charge in [-0.15, -0.1) is 11.3 Å². The Kier molecular flexibility index (Phi) is 4.83. The van der Waals surface area contributed by atoms with Crippen molar-refractivity contribution in [3.63, 3.8) is 0 Å². The molecule has 4 nitrogen and oxygen atoms in total. The monoisotopic (exact) mass is 640 g/mol. The van der Waals surface area contributed by atoms with Crippen LogP contribution in [0.25, 0.3) is 108 Å². The van der Waals surface area contributed by atoms with Gasteiger partial charge in [0, 0.05) is 53.4 Å². The minimum atomic E-state index is 0.684. The summed E-state index contributed by atoms with van der Waals surface area (Å²) in [6.07, 6.45) is 0. The minimum absolute atomic E-state index is 0.684. The molecule has 0 N–H and O–H groups in total.